The van der Waals surface area contributed by atoms with Crippen molar-refractivity contribution in [3.63, 3.8) is 0 Å². The van der Waals surface area contributed by atoms with Crippen molar-refractivity contribution in [3.05, 3.63) is 81.9 Å². The Bertz CT molecular complexity index is 2350. The molecule has 13 nitrogen and oxygen atoms in total. The molecule has 4 aromatic heterocycles. The van der Waals surface area contributed by atoms with E-state index in [4.69, 9.17) is 21.3 Å². The average Bonchev–Trinajstić information content (AvgIpc) is 3.98. The molecule has 0 saturated carbocycles. The summed E-state index contributed by atoms with van der Waals surface area (Å²) >= 11 is 7.14. The van der Waals surface area contributed by atoms with Crippen LogP contribution in [0.4, 0.5) is 19.0 Å². The van der Waals surface area contributed by atoms with Crippen LogP contribution < -0.4 is 31.3 Å². The van der Waals surface area contributed by atoms with Crippen molar-refractivity contribution in [1.82, 2.24) is 45.8 Å². The molecule has 3 atom stereocenters. The molecule has 2 unspecified atom stereocenters. The lowest BCUT2D eigenvalue weighted by atomic mass is 9.98. The number of benzene rings is 1. The van der Waals surface area contributed by atoms with E-state index in [0.717, 1.165) is 39.7 Å². The fourth-order valence-electron chi connectivity index (χ4n) is 8.08. The molecular formula is C40H42ClF3N10O3. The standard InChI is InChI=1S/C40H42ClF3N10O3/c1-54-20-21(16-45-17-22-6-12-32(55)48-22)24-8-10-30(52-38(24)54)28-14-15-47-35(34(28)41)27-5-3-4-26-25(27)9-11-29(26)51-37-36(40(42,43)44)50-31(39(53-37)57-2)19-46-18-23-7-13-33(56)49-23/h3-5,8,10,14-15,20,22-23,29,45-46H,6-7,9,11-13,16-19H2,1-2H3,(H,48,55)(H,49,56)(H,51,53)/t22?,23?,29-/m1/s1. The number of alkyl halides is 3. The number of fused-ring (bicyclic) bond motifs is 2. The minimum Gasteiger partial charge on any atom is -0.480 e. The van der Waals surface area contributed by atoms with Gasteiger partial charge in [0.1, 0.15) is 11.3 Å². The van der Waals surface area contributed by atoms with Gasteiger partial charge in [-0.25, -0.2) is 9.97 Å². The summed E-state index contributed by atoms with van der Waals surface area (Å²) in [5.74, 6) is -0.404. The van der Waals surface area contributed by atoms with Gasteiger partial charge in [-0.05, 0) is 60.6 Å². The van der Waals surface area contributed by atoms with Crippen molar-refractivity contribution < 1.29 is 27.5 Å². The van der Waals surface area contributed by atoms with Gasteiger partial charge < -0.3 is 35.9 Å². The number of hydrogen-bond acceptors (Lipinski definition) is 10. The predicted octanol–water partition coefficient (Wildman–Crippen LogP) is 5.61. The van der Waals surface area contributed by atoms with Gasteiger partial charge >= 0.3 is 6.18 Å². The molecule has 298 valence electrons. The van der Waals surface area contributed by atoms with E-state index in [1.165, 1.54) is 7.11 Å². The van der Waals surface area contributed by atoms with E-state index in [1.54, 1.807) is 6.20 Å². The number of carbonyl (C=O) groups excluding carboxylic acids is 2. The lowest BCUT2D eigenvalue weighted by Gasteiger charge is -2.21. The van der Waals surface area contributed by atoms with Crippen molar-refractivity contribution in [2.45, 2.75) is 75.9 Å². The molecule has 2 amide bonds. The molecule has 17 heteroatoms. The summed E-state index contributed by atoms with van der Waals surface area (Å²) in [6.07, 6.45) is 2.47. The van der Waals surface area contributed by atoms with E-state index in [0.29, 0.717) is 73.7 Å². The molecular weight excluding hydrogens is 761 g/mol. The smallest absolute Gasteiger partial charge is 0.437 e. The Morgan fingerprint density at radius 2 is 1.65 bits per heavy atom. The van der Waals surface area contributed by atoms with E-state index < -0.39 is 23.7 Å². The summed E-state index contributed by atoms with van der Waals surface area (Å²) in [6.45, 7) is 1.67. The van der Waals surface area contributed by atoms with E-state index in [-0.39, 0.29) is 42.0 Å². The maximum absolute atomic E-state index is 14.5. The number of carbonyl (C=O) groups is 2. The van der Waals surface area contributed by atoms with Gasteiger partial charge in [0.2, 0.25) is 17.7 Å². The Kier molecular flexibility index (Phi) is 10.8. The summed E-state index contributed by atoms with van der Waals surface area (Å²) < 4.78 is 50.8. The fraction of sp³-hybridized carbons (Fsp3) is 0.400. The number of rotatable bonds is 13. The number of nitrogens with one attached hydrogen (secondary N) is 5. The second-order valence-corrected chi connectivity index (χ2v) is 15.1. The van der Waals surface area contributed by atoms with Crippen LogP contribution in [0.25, 0.3) is 33.5 Å². The number of pyridine rings is 2. The third kappa shape index (κ3) is 7.98. The largest absolute Gasteiger partial charge is 0.480 e. The Balaban J connectivity index is 1.02. The number of hydrogen-bond donors (Lipinski definition) is 5. The highest BCUT2D eigenvalue weighted by Gasteiger charge is 2.39. The Labute approximate surface area is 331 Å². The van der Waals surface area contributed by atoms with Crippen LogP contribution in [-0.4, -0.2) is 68.6 Å². The van der Waals surface area contributed by atoms with E-state index in [2.05, 4.69) is 41.5 Å². The van der Waals surface area contributed by atoms with Gasteiger partial charge in [0.25, 0.3) is 0 Å². The minimum atomic E-state index is -4.79. The van der Waals surface area contributed by atoms with Crippen LogP contribution in [0.5, 0.6) is 5.88 Å². The van der Waals surface area contributed by atoms with Crippen LogP contribution in [-0.2, 0) is 42.3 Å². The number of aryl methyl sites for hydroxylation is 1. The molecule has 1 aliphatic carbocycles. The summed E-state index contributed by atoms with van der Waals surface area (Å²) in [5, 5.41) is 16.8. The molecule has 8 rings (SSSR count). The first-order valence-corrected chi connectivity index (χ1v) is 19.4. The van der Waals surface area contributed by atoms with Crippen LogP contribution in [0.15, 0.2) is 48.8 Å². The van der Waals surface area contributed by atoms with Crippen LogP contribution in [0, 0.1) is 0 Å². The Hall–Kier alpha value is -5.32. The zero-order valence-electron chi connectivity index (χ0n) is 31.4. The highest BCUT2D eigenvalue weighted by Crippen LogP contribution is 2.44. The third-order valence-electron chi connectivity index (χ3n) is 10.9. The van der Waals surface area contributed by atoms with E-state index >= 15 is 0 Å². The van der Waals surface area contributed by atoms with Crippen molar-refractivity contribution in [2.75, 3.05) is 25.5 Å². The molecule has 5 aromatic rings. The van der Waals surface area contributed by atoms with Crippen LogP contribution in [0.2, 0.25) is 5.02 Å². The van der Waals surface area contributed by atoms with E-state index in [9.17, 15) is 22.8 Å². The first-order valence-electron chi connectivity index (χ1n) is 19.0. The lowest BCUT2D eigenvalue weighted by molar-refractivity contribution is -0.141. The number of methoxy groups -OCH3 is 1. The second kappa shape index (κ2) is 15.9. The number of halogens is 4. The topological polar surface area (TPSA) is 160 Å². The molecule has 1 aromatic carbocycles. The molecule has 2 aliphatic heterocycles. The molecule has 6 heterocycles. The summed E-state index contributed by atoms with van der Waals surface area (Å²) in [4.78, 5) is 41.0. The molecule has 5 N–H and O–H groups in total. The Morgan fingerprint density at radius 1 is 0.912 bits per heavy atom. The highest BCUT2D eigenvalue weighted by atomic mass is 35.5. The lowest BCUT2D eigenvalue weighted by Crippen LogP contribution is -2.35. The monoisotopic (exact) mass is 802 g/mol. The van der Waals surface area contributed by atoms with Crippen molar-refractivity contribution in [1.29, 1.82) is 0 Å². The first-order chi connectivity index (χ1) is 27.5. The molecule has 3 aliphatic rings. The van der Waals surface area contributed by atoms with Crippen molar-refractivity contribution in [2.24, 2.45) is 7.05 Å². The molecule has 2 fully saturated rings. The molecule has 0 radical (unpaired) electrons. The Morgan fingerprint density at radius 3 is 2.33 bits per heavy atom. The van der Waals surface area contributed by atoms with Gasteiger partial charge in [-0.3, -0.25) is 14.6 Å². The summed E-state index contributed by atoms with van der Waals surface area (Å²) in [6, 6.07) is 11.0. The number of aromatic nitrogens is 5. The van der Waals surface area contributed by atoms with Crippen LogP contribution in [0.1, 0.15) is 66.2 Å². The normalized spacial score (nSPS) is 19.2. The zero-order chi connectivity index (χ0) is 39.8. The summed E-state index contributed by atoms with van der Waals surface area (Å²) in [5.41, 5.74) is 5.21. The molecule has 57 heavy (non-hydrogen) atoms. The molecule has 2 saturated heterocycles. The number of ether oxygens (including phenoxy) is 1. The highest BCUT2D eigenvalue weighted by molar-refractivity contribution is 6.35. The van der Waals surface area contributed by atoms with Gasteiger partial charge in [0.15, 0.2) is 11.5 Å². The van der Waals surface area contributed by atoms with Gasteiger partial charge in [-0.2, -0.15) is 18.2 Å². The average molecular weight is 803 g/mol. The maximum atomic E-state index is 14.5. The van der Waals surface area contributed by atoms with Gasteiger partial charge in [-0.1, -0.05) is 29.8 Å². The predicted molar refractivity (Wildman–Crippen MR) is 208 cm³/mol. The van der Waals surface area contributed by atoms with Crippen LogP contribution >= 0.6 is 11.6 Å². The quantitative estimate of drug-likeness (QED) is 0.101. The maximum Gasteiger partial charge on any atom is 0.437 e. The number of nitrogens with zero attached hydrogens (tertiary/aromatic N) is 5. The first kappa shape index (κ1) is 38.5. The second-order valence-electron chi connectivity index (χ2n) is 14.7. The van der Waals surface area contributed by atoms with Crippen LogP contribution in [0.3, 0.4) is 0 Å². The third-order valence-corrected chi connectivity index (χ3v) is 11.2. The zero-order valence-corrected chi connectivity index (χ0v) is 32.2. The SMILES string of the molecule is COc1nc(N[C@@H]2CCc3c(-c4nccc(-c5ccc6c(CNCC7CCC(=O)N7)cn(C)c6n5)c4Cl)cccc32)c(C(F)(F)F)nc1CNCC1CCC(=O)N1. The van der Waals surface area contributed by atoms with Gasteiger partial charge in [0.05, 0.1) is 29.6 Å². The number of amides is 2. The van der Waals surface area contributed by atoms with E-state index in [1.807, 2.05) is 54.2 Å². The van der Waals surface area contributed by atoms with Crippen molar-refractivity contribution >= 4 is 40.3 Å². The van der Waals surface area contributed by atoms with Gasteiger partial charge in [0, 0.05) is 87.1 Å². The van der Waals surface area contributed by atoms with Crippen molar-refractivity contribution in [3.8, 4) is 28.4 Å². The van der Waals surface area contributed by atoms with Gasteiger partial charge in [-0.15, -0.1) is 0 Å². The fourth-order valence-corrected chi connectivity index (χ4v) is 8.39. The molecule has 0 spiro atoms. The minimum absolute atomic E-state index is 0.0135. The molecule has 0 bridgehead atoms. The summed E-state index contributed by atoms with van der Waals surface area (Å²) in [7, 11) is 3.29. The number of anilines is 1.